The molecule has 0 unspecified atom stereocenters. The number of H-pyrrole nitrogens is 1. The van der Waals surface area contributed by atoms with Crippen LogP contribution in [0.2, 0.25) is 0 Å². The third-order valence-electron chi connectivity index (χ3n) is 2.68. The number of esters is 1. The molecular weight excluding hydrogens is 240 g/mol. The fourth-order valence-electron chi connectivity index (χ4n) is 1.85. The molecule has 4 heteroatoms. The number of aromatic nitrogens is 1. The van der Waals surface area contributed by atoms with Crippen molar-refractivity contribution in [1.29, 1.82) is 0 Å². The van der Waals surface area contributed by atoms with Gasteiger partial charge in [0.25, 0.3) is 0 Å². The van der Waals surface area contributed by atoms with Gasteiger partial charge in [-0.25, -0.2) is 4.79 Å². The molecule has 0 bridgehead atoms. The minimum atomic E-state index is -0.436. The van der Waals surface area contributed by atoms with Crippen LogP contribution in [-0.4, -0.2) is 17.6 Å². The lowest BCUT2D eigenvalue weighted by Crippen LogP contribution is -2.06. The van der Waals surface area contributed by atoms with E-state index in [0.717, 1.165) is 16.8 Å². The molecule has 0 saturated heterocycles. The first kappa shape index (κ1) is 13.0. The number of hydrogen-bond acceptors (Lipinski definition) is 3. The highest BCUT2D eigenvalue weighted by molar-refractivity contribution is 5.92. The summed E-state index contributed by atoms with van der Waals surface area (Å²) in [5.41, 5.74) is 9.02. The van der Waals surface area contributed by atoms with Crippen LogP contribution in [0.5, 0.6) is 0 Å². The van der Waals surface area contributed by atoms with Crippen LogP contribution in [0, 0.1) is 0 Å². The van der Waals surface area contributed by atoms with E-state index in [-0.39, 0.29) is 0 Å². The van der Waals surface area contributed by atoms with E-state index >= 15 is 0 Å². The summed E-state index contributed by atoms with van der Waals surface area (Å²) in [6.07, 6.45) is 3.09. The summed E-state index contributed by atoms with van der Waals surface area (Å²) in [6.45, 7) is 2.09. The van der Waals surface area contributed by atoms with Crippen molar-refractivity contribution in [3.63, 3.8) is 0 Å². The van der Waals surface area contributed by atoms with Crippen molar-refractivity contribution in [2.75, 3.05) is 6.61 Å². The minimum absolute atomic E-state index is 0.332. The molecule has 0 aliphatic rings. The third kappa shape index (κ3) is 3.04. The van der Waals surface area contributed by atoms with Gasteiger partial charge in [-0.15, -0.1) is 0 Å². The zero-order chi connectivity index (χ0) is 13.7. The van der Waals surface area contributed by atoms with Gasteiger partial charge in [-0.2, -0.15) is 0 Å². The number of hydrogen-bond donors (Lipinski definition) is 2. The number of benzene rings is 1. The molecule has 1 heterocycles. The summed E-state index contributed by atoms with van der Waals surface area (Å²) in [6, 6.07) is 11.8. The van der Waals surface area contributed by atoms with Crippen molar-refractivity contribution in [3.8, 4) is 11.1 Å². The molecule has 0 atom stereocenters. The lowest BCUT2D eigenvalue weighted by molar-refractivity contribution is -0.137. The Morgan fingerprint density at radius 2 is 2.05 bits per heavy atom. The zero-order valence-corrected chi connectivity index (χ0v) is 10.7. The first-order chi connectivity index (χ1) is 9.22. The second-order valence-electron chi connectivity index (χ2n) is 3.98. The second-order valence-corrected chi connectivity index (χ2v) is 3.98. The molecule has 4 nitrogen and oxygen atoms in total. The van der Waals surface area contributed by atoms with Gasteiger partial charge >= 0.3 is 5.97 Å². The molecule has 19 heavy (non-hydrogen) atoms. The highest BCUT2D eigenvalue weighted by atomic mass is 16.5. The van der Waals surface area contributed by atoms with Gasteiger partial charge in [0, 0.05) is 17.8 Å². The molecular formula is C15H16N2O2. The zero-order valence-electron chi connectivity index (χ0n) is 10.7. The standard InChI is InChI=1S/C15H16N2O2/c1-2-19-14(18)10-13(16)15-12(8-9-17-15)11-6-4-3-5-7-11/h3-10,17H,2,16H2,1H3/b13-10-. The Balaban J connectivity index is 2.32. The Bertz CT molecular complexity index is 585. The highest BCUT2D eigenvalue weighted by Gasteiger charge is 2.10. The van der Waals surface area contributed by atoms with Crippen molar-refractivity contribution in [1.82, 2.24) is 4.98 Å². The second kappa shape index (κ2) is 5.91. The molecule has 0 saturated carbocycles. The Labute approximate surface area is 111 Å². The van der Waals surface area contributed by atoms with E-state index in [1.807, 2.05) is 36.4 Å². The van der Waals surface area contributed by atoms with Gasteiger partial charge in [-0.3, -0.25) is 0 Å². The van der Waals surface area contributed by atoms with Gasteiger partial charge < -0.3 is 15.5 Å². The number of carbonyl (C=O) groups excluding carboxylic acids is 1. The molecule has 1 aromatic carbocycles. The van der Waals surface area contributed by atoms with Crippen molar-refractivity contribution >= 4 is 11.7 Å². The fourth-order valence-corrected chi connectivity index (χ4v) is 1.85. The molecule has 0 spiro atoms. The first-order valence-electron chi connectivity index (χ1n) is 6.09. The quantitative estimate of drug-likeness (QED) is 0.652. The van der Waals surface area contributed by atoms with Gasteiger partial charge in [0.05, 0.1) is 18.0 Å². The van der Waals surface area contributed by atoms with Crippen molar-refractivity contribution in [2.45, 2.75) is 6.92 Å². The number of nitrogens with two attached hydrogens (primary N) is 1. The molecule has 1 aromatic heterocycles. The largest absolute Gasteiger partial charge is 0.463 e. The van der Waals surface area contributed by atoms with Crippen LogP contribution in [0.3, 0.4) is 0 Å². The van der Waals surface area contributed by atoms with Crippen molar-refractivity contribution in [3.05, 3.63) is 54.4 Å². The Morgan fingerprint density at radius 1 is 1.32 bits per heavy atom. The maximum absolute atomic E-state index is 11.4. The van der Waals surface area contributed by atoms with Crippen LogP contribution in [0.4, 0.5) is 0 Å². The summed E-state index contributed by atoms with van der Waals surface area (Å²) in [4.78, 5) is 14.5. The minimum Gasteiger partial charge on any atom is -0.463 e. The van der Waals surface area contributed by atoms with E-state index in [4.69, 9.17) is 10.5 Å². The van der Waals surface area contributed by atoms with Crippen molar-refractivity contribution < 1.29 is 9.53 Å². The first-order valence-corrected chi connectivity index (χ1v) is 6.09. The van der Waals surface area contributed by atoms with Gasteiger partial charge in [0.2, 0.25) is 0 Å². The van der Waals surface area contributed by atoms with E-state index in [9.17, 15) is 4.79 Å². The van der Waals surface area contributed by atoms with Crippen LogP contribution in [0.25, 0.3) is 16.8 Å². The number of ether oxygens (including phenoxy) is 1. The number of nitrogens with one attached hydrogen (secondary N) is 1. The summed E-state index contributed by atoms with van der Waals surface area (Å²) in [5, 5.41) is 0. The SMILES string of the molecule is CCOC(=O)/C=C(\N)c1[nH]ccc1-c1ccccc1. The predicted octanol–water partition coefficient (Wildman–Crippen LogP) is 2.54. The van der Waals surface area contributed by atoms with Crippen LogP contribution in [-0.2, 0) is 9.53 Å². The smallest absolute Gasteiger partial charge is 0.332 e. The number of rotatable bonds is 4. The Hall–Kier alpha value is -2.49. The van der Waals surface area contributed by atoms with E-state index in [1.54, 1.807) is 13.1 Å². The van der Waals surface area contributed by atoms with Gasteiger partial charge in [0.15, 0.2) is 0 Å². The van der Waals surface area contributed by atoms with Crippen LogP contribution in [0.1, 0.15) is 12.6 Å². The van der Waals surface area contributed by atoms with E-state index in [0.29, 0.717) is 12.3 Å². The van der Waals surface area contributed by atoms with Gasteiger partial charge in [0.1, 0.15) is 0 Å². The van der Waals surface area contributed by atoms with E-state index < -0.39 is 5.97 Å². The van der Waals surface area contributed by atoms with E-state index in [2.05, 4.69) is 4.98 Å². The topological polar surface area (TPSA) is 68.1 Å². The molecule has 0 radical (unpaired) electrons. The van der Waals surface area contributed by atoms with Gasteiger partial charge in [-0.1, -0.05) is 30.3 Å². The lowest BCUT2D eigenvalue weighted by Gasteiger charge is -2.05. The average molecular weight is 256 g/mol. The fraction of sp³-hybridized carbons (Fsp3) is 0.133. The summed E-state index contributed by atoms with van der Waals surface area (Å²) in [5.74, 6) is -0.436. The van der Waals surface area contributed by atoms with Crippen LogP contribution < -0.4 is 5.73 Å². The molecule has 0 fully saturated rings. The molecule has 2 rings (SSSR count). The monoisotopic (exact) mass is 256 g/mol. The molecule has 0 aliphatic carbocycles. The molecule has 2 aromatic rings. The molecule has 0 aliphatic heterocycles. The third-order valence-corrected chi connectivity index (χ3v) is 2.68. The van der Waals surface area contributed by atoms with E-state index in [1.165, 1.54) is 6.08 Å². The van der Waals surface area contributed by atoms with Gasteiger partial charge in [-0.05, 0) is 18.6 Å². The summed E-state index contributed by atoms with van der Waals surface area (Å²) < 4.78 is 4.85. The summed E-state index contributed by atoms with van der Waals surface area (Å²) >= 11 is 0. The number of carbonyl (C=O) groups is 1. The highest BCUT2D eigenvalue weighted by Crippen LogP contribution is 2.25. The predicted molar refractivity (Wildman–Crippen MR) is 75.0 cm³/mol. The van der Waals surface area contributed by atoms with Crippen LogP contribution >= 0.6 is 0 Å². The molecule has 98 valence electrons. The lowest BCUT2D eigenvalue weighted by atomic mass is 10.0. The molecule has 3 N–H and O–H groups in total. The summed E-state index contributed by atoms with van der Waals surface area (Å²) in [7, 11) is 0. The number of aromatic amines is 1. The maximum atomic E-state index is 11.4. The maximum Gasteiger partial charge on any atom is 0.332 e. The molecule has 0 amide bonds. The van der Waals surface area contributed by atoms with Crippen molar-refractivity contribution in [2.24, 2.45) is 5.73 Å². The Morgan fingerprint density at radius 3 is 2.74 bits per heavy atom. The Kier molecular flexibility index (Phi) is 4.03. The average Bonchev–Trinajstić information content (AvgIpc) is 2.89. The van der Waals surface area contributed by atoms with Crippen LogP contribution in [0.15, 0.2) is 48.7 Å². The normalized spacial score (nSPS) is 11.3.